The molecule has 11 N–H and O–H groups in total. The summed E-state index contributed by atoms with van der Waals surface area (Å²) in [6.07, 6.45) is -8.33. The van der Waals surface area contributed by atoms with Gasteiger partial charge >= 0.3 is 0 Å². The Morgan fingerprint density at radius 1 is 0.677 bits per heavy atom. The maximum atomic E-state index is 12.7. The highest BCUT2D eigenvalue weighted by Crippen LogP contribution is 2.31. The minimum atomic E-state index is -1.56. The van der Waals surface area contributed by atoms with Crippen LogP contribution in [0.15, 0.2) is 97.1 Å². The second-order valence-electron chi connectivity index (χ2n) is 16.3. The van der Waals surface area contributed by atoms with Crippen molar-refractivity contribution in [3.8, 4) is 0 Å². The van der Waals surface area contributed by atoms with Crippen LogP contribution in [0.1, 0.15) is 60.5 Å². The van der Waals surface area contributed by atoms with Crippen LogP contribution in [0, 0.1) is 0 Å². The fourth-order valence-corrected chi connectivity index (χ4v) is 8.28. The SMILES string of the molecule is NCCCCc1ccc(CCC(NCCCN(CC(O)C(O)[C@@H]2OC(c3ccccc3)OC[C@H]2O)CC(O)C(O)[C@@H]2OC(c3ccccc3)OC[C@H]2O)C(N)=O)c2ccccc12. The van der Waals surface area contributed by atoms with Gasteiger partial charge in [0.1, 0.15) is 36.6 Å². The molecular formula is C47H64N4O11. The molecule has 2 heterocycles. The average Bonchev–Trinajstić information content (AvgIpc) is 3.29. The molecule has 7 unspecified atom stereocenters. The lowest BCUT2D eigenvalue weighted by Crippen LogP contribution is -2.56. The summed E-state index contributed by atoms with van der Waals surface area (Å²) >= 11 is 0. The average molecular weight is 861 g/mol. The Labute approximate surface area is 363 Å². The number of hydrogen-bond acceptors (Lipinski definition) is 14. The van der Waals surface area contributed by atoms with E-state index in [0.29, 0.717) is 43.5 Å². The second-order valence-corrected chi connectivity index (χ2v) is 16.3. The number of nitrogens with two attached hydrogens (primary N) is 2. The van der Waals surface area contributed by atoms with Crippen LogP contribution in [0.2, 0.25) is 0 Å². The predicted molar refractivity (Wildman–Crippen MR) is 232 cm³/mol. The van der Waals surface area contributed by atoms with Crippen LogP contribution in [-0.2, 0) is 36.6 Å². The number of aliphatic hydroxyl groups excluding tert-OH is 6. The first-order valence-corrected chi connectivity index (χ1v) is 21.7. The van der Waals surface area contributed by atoms with E-state index in [4.69, 9.17) is 30.4 Å². The van der Waals surface area contributed by atoms with E-state index < -0.39 is 73.4 Å². The van der Waals surface area contributed by atoms with Gasteiger partial charge in [-0.05, 0) is 80.1 Å². The number of nitrogens with zero attached hydrogens (tertiary/aromatic N) is 1. The summed E-state index contributed by atoms with van der Waals surface area (Å²) in [7, 11) is 0. The summed E-state index contributed by atoms with van der Waals surface area (Å²) in [5.74, 6) is -0.491. The van der Waals surface area contributed by atoms with Gasteiger partial charge in [-0.25, -0.2) is 0 Å². The minimum absolute atomic E-state index is 0.135. The van der Waals surface area contributed by atoms with Crippen molar-refractivity contribution in [3.05, 3.63) is 119 Å². The molecule has 4 aromatic carbocycles. The molecule has 2 aliphatic heterocycles. The molecule has 62 heavy (non-hydrogen) atoms. The molecule has 0 saturated carbocycles. The summed E-state index contributed by atoms with van der Waals surface area (Å²) in [4.78, 5) is 14.3. The van der Waals surface area contributed by atoms with E-state index >= 15 is 0 Å². The smallest absolute Gasteiger partial charge is 0.234 e. The third-order valence-corrected chi connectivity index (χ3v) is 11.7. The summed E-state index contributed by atoms with van der Waals surface area (Å²) in [6.45, 7) is 0.553. The zero-order valence-corrected chi connectivity index (χ0v) is 35.1. The molecule has 338 valence electrons. The van der Waals surface area contributed by atoms with Crippen LogP contribution in [-0.4, -0.2) is 142 Å². The van der Waals surface area contributed by atoms with Gasteiger partial charge in [0.25, 0.3) is 0 Å². The third kappa shape index (κ3) is 12.9. The van der Waals surface area contributed by atoms with Gasteiger partial charge in [-0.2, -0.15) is 0 Å². The lowest BCUT2D eigenvalue weighted by molar-refractivity contribution is -0.285. The van der Waals surface area contributed by atoms with Crippen LogP contribution in [0.5, 0.6) is 0 Å². The van der Waals surface area contributed by atoms with E-state index in [2.05, 4.69) is 29.6 Å². The van der Waals surface area contributed by atoms with Gasteiger partial charge in [0.15, 0.2) is 12.6 Å². The number of fused-ring (bicyclic) bond motifs is 1. The lowest BCUT2D eigenvalue weighted by Gasteiger charge is -2.40. The fraction of sp³-hybridized carbons (Fsp3) is 0.511. The third-order valence-electron chi connectivity index (χ3n) is 11.7. The van der Waals surface area contributed by atoms with Crippen molar-refractivity contribution in [2.75, 3.05) is 45.9 Å². The van der Waals surface area contributed by atoms with Gasteiger partial charge in [0, 0.05) is 24.2 Å². The number of aliphatic hydroxyl groups is 6. The molecule has 6 rings (SSSR count). The normalized spacial score (nSPS) is 24.4. The Bertz CT molecular complexity index is 1870. The zero-order valence-electron chi connectivity index (χ0n) is 35.1. The van der Waals surface area contributed by atoms with Gasteiger partial charge in [0.2, 0.25) is 5.91 Å². The fourth-order valence-electron chi connectivity index (χ4n) is 8.28. The number of benzene rings is 4. The Hall–Kier alpha value is -3.91. The molecule has 15 nitrogen and oxygen atoms in total. The van der Waals surface area contributed by atoms with E-state index in [-0.39, 0.29) is 32.8 Å². The van der Waals surface area contributed by atoms with E-state index in [1.54, 1.807) is 29.2 Å². The van der Waals surface area contributed by atoms with Crippen molar-refractivity contribution < 1.29 is 54.4 Å². The maximum absolute atomic E-state index is 12.7. The van der Waals surface area contributed by atoms with Gasteiger partial charge in [-0.1, -0.05) is 97.1 Å². The Morgan fingerprint density at radius 3 is 1.65 bits per heavy atom. The van der Waals surface area contributed by atoms with Crippen molar-refractivity contribution in [3.63, 3.8) is 0 Å². The number of primary amides is 1. The van der Waals surface area contributed by atoms with Gasteiger partial charge in [-0.15, -0.1) is 0 Å². The molecule has 2 aliphatic rings. The summed E-state index contributed by atoms with van der Waals surface area (Å²) in [5, 5.41) is 72.7. The van der Waals surface area contributed by atoms with Crippen LogP contribution < -0.4 is 16.8 Å². The molecule has 2 saturated heterocycles. The standard InChI is InChI=1S/C47H64N4O11/c48-23-10-9-12-30-19-20-31(35-18-8-7-17-34(30)35)21-22-36(45(49)58)50-24-11-25-51(26-37(52)41(56)43-39(54)28-59-46(61-43)32-13-3-1-4-14-32)27-38(53)42(57)44-40(55)29-60-47(62-44)33-15-5-2-6-16-33/h1-8,13-20,36-44,46-47,50,52-57H,9-12,21-29,48H2,(H2,49,58)/t36?,37?,38?,39-,40-,41?,42?,43-,44-,46?,47?/m1/s1. The maximum Gasteiger partial charge on any atom is 0.234 e. The molecule has 0 spiro atoms. The minimum Gasteiger partial charge on any atom is -0.389 e. The Morgan fingerprint density at radius 2 is 1.16 bits per heavy atom. The van der Waals surface area contributed by atoms with E-state index in [1.807, 2.05) is 48.5 Å². The van der Waals surface area contributed by atoms with E-state index in [0.717, 1.165) is 30.2 Å². The first kappa shape index (κ1) is 47.6. The van der Waals surface area contributed by atoms with Crippen LogP contribution in [0.4, 0.5) is 0 Å². The van der Waals surface area contributed by atoms with Crippen molar-refractivity contribution >= 4 is 16.7 Å². The number of carbonyl (C=O) groups is 1. The summed E-state index contributed by atoms with van der Waals surface area (Å²) in [6, 6.07) is 30.0. The number of aryl methyl sites for hydroxylation is 2. The summed E-state index contributed by atoms with van der Waals surface area (Å²) in [5.41, 5.74) is 15.3. The van der Waals surface area contributed by atoms with Crippen LogP contribution in [0.25, 0.3) is 10.8 Å². The topological polar surface area (TPSA) is 243 Å². The van der Waals surface area contributed by atoms with Crippen molar-refractivity contribution in [1.29, 1.82) is 0 Å². The molecule has 11 atom stereocenters. The number of unbranched alkanes of at least 4 members (excludes halogenated alkanes) is 1. The molecular weight excluding hydrogens is 797 g/mol. The van der Waals surface area contributed by atoms with Crippen molar-refractivity contribution in [2.45, 2.75) is 106 Å². The van der Waals surface area contributed by atoms with E-state index in [1.165, 1.54) is 10.9 Å². The first-order valence-electron chi connectivity index (χ1n) is 21.7. The molecule has 0 aromatic heterocycles. The number of carbonyl (C=O) groups excluding carboxylic acids is 1. The Balaban J connectivity index is 1.10. The predicted octanol–water partition coefficient (Wildman–Crippen LogP) is 1.58. The number of amides is 1. The largest absolute Gasteiger partial charge is 0.389 e. The quantitative estimate of drug-likeness (QED) is 0.0482. The Kier molecular flexibility index (Phi) is 18.2. The number of ether oxygens (including phenoxy) is 4. The van der Waals surface area contributed by atoms with Crippen LogP contribution in [0.3, 0.4) is 0 Å². The molecule has 2 fully saturated rings. The molecule has 15 heteroatoms. The molecule has 0 aliphatic carbocycles. The molecule has 0 bridgehead atoms. The van der Waals surface area contributed by atoms with Gasteiger partial charge < -0.3 is 66.4 Å². The van der Waals surface area contributed by atoms with Crippen molar-refractivity contribution in [2.24, 2.45) is 11.5 Å². The van der Waals surface area contributed by atoms with Crippen LogP contribution >= 0.6 is 0 Å². The monoisotopic (exact) mass is 860 g/mol. The number of nitrogens with one attached hydrogen (secondary N) is 1. The highest BCUT2D eigenvalue weighted by molar-refractivity contribution is 5.89. The highest BCUT2D eigenvalue weighted by Gasteiger charge is 2.42. The molecule has 0 radical (unpaired) electrons. The zero-order chi connectivity index (χ0) is 44.0. The summed E-state index contributed by atoms with van der Waals surface area (Å²) < 4.78 is 23.2. The van der Waals surface area contributed by atoms with Gasteiger partial charge in [-0.3, -0.25) is 9.69 Å². The number of hydrogen-bond donors (Lipinski definition) is 9. The van der Waals surface area contributed by atoms with Crippen molar-refractivity contribution in [1.82, 2.24) is 10.2 Å². The second kappa shape index (κ2) is 23.7. The highest BCUT2D eigenvalue weighted by atomic mass is 16.7. The lowest BCUT2D eigenvalue weighted by atomic mass is 9.93. The first-order chi connectivity index (χ1) is 30.0. The number of rotatable bonds is 23. The van der Waals surface area contributed by atoms with Gasteiger partial charge in [0.05, 0.1) is 31.5 Å². The molecule has 1 amide bonds. The van der Waals surface area contributed by atoms with E-state index in [9.17, 15) is 35.4 Å². The molecule has 4 aromatic rings.